The summed E-state index contributed by atoms with van der Waals surface area (Å²) < 4.78 is 0. The summed E-state index contributed by atoms with van der Waals surface area (Å²) in [4.78, 5) is 10.7. The first-order chi connectivity index (χ1) is 16.7. The van der Waals surface area contributed by atoms with Crippen molar-refractivity contribution >= 4 is 16.7 Å². The minimum Gasteiger partial charge on any atom is -0.399 e. The van der Waals surface area contributed by atoms with Crippen molar-refractivity contribution in [1.29, 1.82) is 5.53 Å². The highest BCUT2D eigenvalue weighted by Gasteiger charge is 2.02. The van der Waals surface area contributed by atoms with E-state index in [0.29, 0.717) is 5.69 Å². The van der Waals surface area contributed by atoms with E-state index in [1.165, 1.54) is 0 Å². The topological polar surface area (TPSA) is 112 Å². The van der Waals surface area contributed by atoms with Crippen LogP contribution < -0.4 is 5.73 Å². The Kier molecular flexibility index (Phi) is 18.4. The lowest BCUT2D eigenvalue weighted by Gasteiger charge is -2.03. The third-order valence-corrected chi connectivity index (χ3v) is 3.34. The Morgan fingerprint density at radius 1 is 0.778 bits per heavy atom. The van der Waals surface area contributed by atoms with Crippen LogP contribution in [0.15, 0.2) is 54.7 Å². The summed E-state index contributed by atoms with van der Waals surface area (Å²) in [5, 5.41) is 0. The predicted molar refractivity (Wildman–Crippen MR) is 157 cm³/mol. The molecule has 3 aromatic rings. The van der Waals surface area contributed by atoms with E-state index in [9.17, 15) is 0 Å². The largest absolute Gasteiger partial charge is 0.399 e. The molecule has 6 nitrogen and oxygen atoms in total. The van der Waals surface area contributed by atoms with E-state index in [4.69, 9.17) is 29.6 Å². The van der Waals surface area contributed by atoms with Gasteiger partial charge in [-0.1, -0.05) is 45.2 Å². The number of benzene rings is 2. The van der Waals surface area contributed by atoms with E-state index in [-0.39, 0.29) is 20.6 Å². The Bertz CT molecular complexity index is 1540. The minimum atomic E-state index is 0. The van der Waals surface area contributed by atoms with Gasteiger partial charge in [-0.15, -0.1) is 18.4 Å². The van der Waals surface area contributed by atoms with Crippen molar-refractivity contribution in [2.75, 3.05) is 5.73 Å². The summed E-state index contributed by atoms with van der Waals surface area (Å²) in [5.74, 6) is 28.3. The van der Waals surface area contributed by atoms with Crippen LogP contribution in [0.4, 0.5) is 5.69 Å². The summed E-state index contributed by atoms with van der Waals surface area (Å²) in [6.07, 6.45) is 11.5. The first-order valence-electron chi connectivity index (χ1n) is 9.16. The van der Waals surface area contributed by atoms with Gasteiger partial charge in [0.05, 0.1) is 22.9 Å². The highest BCUT2D eigenvalue weighted by molar-refractivity contribution is 5.80. The molecule has 0 spiro atoms. The molecule has 0 atom stereocenters. The Morgan fingerprint density at radius 3 is 1.72 bits per heavy atom. The molecule has 0 saturated carbocycles. The van der Waals surface area contributed by atoms with E-state index in [2.05, 4.69) is 81.0 Å². The van der Waals surface area contributed by atoms with Crippen molar-refractivity contribution in [3.8, 4) is 95.1 Å². The van der Waals surface area contributed by atoms with E-state index in [0.717, 1.165) is 22.3 Å². The summed E-state index contributed by atoms with van der Waals surface area (Å²) >= 11 is 0. The number of terminal acetylenes is 2. The maximum absolute atomic E-state index is 6.86. The molecule has 180 valence electrons. The zero-order valence-electron chi connectivity index (χ0n) is 17.7. The standard InChI is InChI=1S/C14H11N3.C14H2.2CH4.HN3.4H2/c15-11-6-7-12-13(8-11)17-14(9-16-12)10-4-2-1-3-5-10;1-3-5-7-9-11-13-14-12-10-8-6-4-2;;;1-3-2;;;;/h1-9H,15H2;1-2H;2*1H4;1H;4*1H. The molecular weight excluding hydrogens is 444 g/mol. The fourth-order valence-corrected chi connectivity index (χ4v) is 2.10. The van der Waals surface area contributed by atoms with Crippen LogP contribution in [0.2, 0.25) is 0 Å². The molecule has 0 bridgehead atoms. The van der Waals surface area contributed by atoms with Crippen molar-refractivity contribution in [2.24, 2.45) is 0 Å². The molecule has 1 heterocycles. The molecule has 1 aromatic heterocycles. The monoisotopic (exact) mass is 474 g/mol. The summed E-state index contributed by atoms with van der Waals surface area (Å²) in [6, 6.07) is 15.5. The van der Waals surface area contributed by atoms with Crippen molar-refractivity contribution < 1.29 is 5.71 Å². The lowest BCUT2D eigenvalue weighted by atomic mass is 10.1. The normalized spacial score (nSPS) is 6.61. The van der Waals surface area contributed by atoms with Crippen LogP contribution in [0.3, 0.4) is 0 Å². The number of hydrogen-bond donors (Lipinski definition) is 2. The Balaban J connectivity index is -0.000000117. The molecule has 3 rings (SSSR count). The quantitative estimate of drug-likeness (QED) is 0.142. The van der Waals surface area contributed by atoms with E-state index in [1.54, 1.807) is 11.1 Å². The van der Waals surface area contributed by atoms with Crippen molar-refractivity contribution in [3.63, 3.8) is 0 Å². The van der Waals surface area contributed by atoms with E-state index in [1.807, 2.05) is 48.5 Å². The number of nitrogen functional groups attached to an aromatic ring is 1. The molecule has 3 N–H and O–H groups in total. The fraction of sp³-hybridized carbons (Fsp3) is 0.0667. The fourth-order valence-electron chi connectivity index (χ4n) is 2.10. The Hall–Kier alpha value is -6.19. The first kappa shape index (κ1) is 32.0. The van der Waals surface area contributed by atoms with Crippen molar-refractivity contribution in [2.45, 2.75) is 14.9 Å². The molecule has 0 aliphatic heterocycles. The SMILES string of the molecule is C.C.C#CC#CC#CC#CC#CC#CC#C.Nc1ccc2ncc(-c3ccccc3)nc2c1.[HH].[HH].[HH].[HH].[N-]=[N+]=N. The number of nitrogens with one attached hydrogen (secondary N) is 1. The average Bonchev–Trinajstić information content (AvgIpc) is 2.86. The number of aromatic nitrogens is 2. The second kappa shape index (κ2) is 20.7. The number of nitrogens with zero attached hydrogens (tertiary/aromatic N) is 4. The second-order valence-electron chi connectivity index (χ2n) is 5.51. The molecular formula is C30H30N6. The molecule has 0 amide bonds. The summed E-state index contributed by atoms with van der Waals surface area (Å²) in [7, 11) is 0. The predicted octanol–water partition coefficient (Wildman–Crippen LogP) is 6.28. The molecule has 0 fully saturated rings. The summed E-state index contributed by atoms with van der Waals surface area (Å²) in [6.45, 7) is 0. The molecule has 0 aliphatic rings. The zero-order chi connectivity index (χ0) is 24.9. The van der Waals surface area contributed by atoms with Crippen LogP contribution >= 0.6 is 0 Å². The van der Waals surface area contributed by atoms with Crippen LogP contribution in [0, 0.1) is 89.4 Å². The van der Waals surface area contributed by atoms with Gasteiger partial charge in [0.1, 0.15) is 0 Å². The average molecular weight is 475 g/mol. The van der Waals surface area contributed by atoms with Gasteiger partial charge in [0.25, 0.3) is 0 Å². The number of hydrogen-bond acceptors (Lipinski definition) is 4. The molecule has 0 aliphatic carbocycles. The van der Waals surface area contributed by atoms with Gasteiger partial charge in [-0.05, 0) is 99.7 Å². The summed E-state index contributed by atoms with van der Waals surface area (Å²) in [5.41, 5.74) is 22.3. The van der Waals surface area contributed by atoms with Gasteiger partial charge in [-0.2, -0.15) is 0 Å². The van der Waals surface area contributed by atoms with Gasteiger partial charge in [0.2, 0.25) is 0 Å². The number of nitrogens with two attached hydrogens (primary N) is 1. The number of rotatable bonds is 1. The molecule has 0 saturated heterocycles. The maximum Gasteiger partial charge on any atom is 0.0914 e. The van der Waals surface area contributed by atoms with Crippen LogP contribution in [-0.2, 0) is 0 Å². The lowest BCUT2D eigenvalue weighted by Crippen LogP contribution is -1.90. The van der Waals surface area contributed by atoms with Crippen molar-refractivity contribution in [3.05, 3.63) is 65.2 Å². The maximum atomic E-state index is 6.86. The van der Waals surface area contributed by atoms with Gasteiger partial charge in [-0.25, -0.2) is 4.98 Å². The van der Waals surface area contributed by atoms with Crippen LogP contribution in [0.1, 0.15) is 20.6 Å². The Morgan fingerprint density at radius 2 is 1.25 bits per heavy atom. The number of anilines is 1. The highest BCUT2D eigenvalue weighted by Crippen LogP contribution is 2.19. The van der Waals surface area contributed by atoms with Gasteiger partial charge in [0.15, 0.2) is 0 Å². The smallest absolute Gasteiger partial charge is 0.0914 e. The second-order valence-corrected chi connectivity index (χ2v) is 5.51. The molecule has 2 aromatic carbocycles. The van der Waals surface area contributed by atoms with Gasteiger partial charge in [0, 0.05) is 17.0 Å². The molecule has 36 heavy (non-hydrogen) atoms. The third-order valence-electron chi connectivity index (χ3n) is 3.34. The van der Waals surface area contributed by atoms with Gasteiger partial charge in [-0.3, -0.25) is 4.98 Å². The van der Waals surface area contributed by atoms with Gasteiger partial charge < -0.3 is 5.73 Å². The van der Waals surface area contributed by atoms with E-state index < -0.39 is 0 Å². The van der Waals surface area contributed by atoms with Crippen LogP contribution in [0.5, 0.6) is 0 Å². The van der Waals surface area contributed by atoms with Crippen LogP contribution in [0.25, 0.3) is 32.7 Å². The zero-order valence-corrected chi connectivity index (χ0v) is 17.7. The third kappa shape index (κ3) is 13.3. The van der Waals surface area contributed by atoms with E-state index >= 15 is 0 Å². The van der Waals surface area contributed by atoms with Crippen molar-refractivity contribution in [1.82, 2.24) is 9.97 Å². The first-order valence-corrected chi connectivity index (χ1v) is 9.16. The van der Waals surface area contributed by atoms with Gasteiger partial charge >= 0.3 is 0 Å². The molecule has 6 heteroatoms. The Labute approximate surface area is 219 Å². The van der Waals surface area contributed by atoms with Crippen LogP contribution in [-0.4, -0.2) is 9.97 Å². The molecule has 0 unspecified atom stereocenters. The number of fused-ring (bicyclic) bond motifs is 1. The lowest BCUT2D eigenvalue weighted by molar-refractivity contribution is 1.29. The highest BCUT2D eigenvalue weighted by atomic mass is 15.0. The molecule has 0 radical (unpaired) electrons. The minimum absolute atomic E-state index is 0.